The summed E-state index contributed by atoms with van der Waals surface area (Å²) in [6, 6.07) is 2.97. The Bertz CT molecular complexity index is 489. The van der Waals surface area contributed by atoms with Crippen molar-refractivity contribution in [2.24, 2.45) is 11.8 Å². The van der Waals surface area contributed by atoms with Gasteiger partial charge in [-0.25, -0.2) is 8.78 Å². The highest BCUT2D eigenvalue weighted by Crippen LogP contribution is 2.41. The van der Waals surface area contributed by atoms with Gasteiger partial charge in [-0.15, -0.1) is 0 Å². The Labute approximate surface area is 112 Å². The van der Waals surface area contributed by atoms with Gasteiger partial charge in [0.2, 0.25) is 0 Å². The van der Waals surface area contributed by atoms with E-state index in [9.17, 15) is 26.7 Å². The Kier molecular flexibility index (Phi) is 4.11. The van der Waals surface area contributed by atoms with Crippen LogP contribution in [0.15, 0.2) is 18.2 Å². The molecule has 0 amide bonds. The van der Waals surface area contributed by atoms with Crippen molar-refractivity contribution >= 4 is 5.78 Å². The molecule has 0 spiro atoms. The van der Waals surface area contributed by atoms with Gasteiger partial charge in [-0.05, 0) is 31.4 Å². The van der Waals surface area contributed by atoms with Gasteiger partial charge in [0.15, 0.2) is 5.78 Å². The minimum atomic E-state index is -4.37. The van der Waals surface area contributed by atoms with E-state index in [0.29, 0.717) is 0 Å². The molecule has 20 heavy (non-hydrogen) atoms. The lowest BCUT2D eigenvalue weighted by molar-refractivity contribution is -0.184. The summed E-state index contributed by atoms with van der Waals surface area (Å²) in [5.41, 5.74) is -0.722. The molecule has 1 saturated carbocycles. The molecule has 2 unspecified atom stereocenters. The molecule has 110 valence electrons. The first kappa shape index (κ1) is 14.9. The molecule has 1 aromatic carbocycles. The Balaban J connectivity index is 2.21. The van der Waals surface area contributed by atoms with Crippen molar-refractivity contribution in [3.8, 4) is 0 Å². The van der Waals surface area contributed by atoms with Crippen LogP contribution in [0.2, 0.25) is 0 Å². The van der Waals surface area contributed by atoms with Crippen molar-refractivity contribution in [2.45, 2.75) is 31.9 Å². The van der Waals surface area contributed by atoms with Gasteiger partial charge in [-0.2, -0.15) is 13.2 Å². The Morgan fingerprint density at radius 2 is 1.70 bits per heavy atom. The lowest BCUT2D eigenvalue weighted by atomic mass is 9.77. The molecule has 2 rings (SSSR count). The Morgan fingerprint density at radius 3 is 2.25 bits per heavy atom. The predicted octanol–water partition coefficient (Wildman–Crippen LogP) is 4.52. The maximum atomic E-state index is 13.5. The van der Waals surface area contributed by atoms with Crippen LogP contribution in [0.4, 0.5) is 22.0 Å². The van der Waals surface area contributed by atoms with Crippen LogP contribution < -0.4 is 0 Å². The number of hydrogen-bond donors (Lipinski definition) is 0. The van der Waals surface area contributed by atoms with Gasteiger partial charge >= 0.3 is 6.18 Å². The fourth-order valence-corrected chi connectivity index (χ4v) is 2.66. The first-order valence-electron chi connectivity index (χ1n) is 6.35. The number of rotatable bonds is 2. The van der Waals surface area contributed by atoms with Crippen molar-refractivity contribution in [2.75, 3.05) is 0 Å². The SMILES string of the molecule is O=C(c1c(F)cccc1F)C1CCCC(C(F)(F)F)C1. The summed E-state index contributed by atoms with van der Waals surface area (Å²) in [7, 11) is 0. The van der Waals surface area contributed by atoms with Crippen molar-refractivity contribution in [3.63, 3.8) is 0 Å². The predicted molar refractivity (Wildman–Crippen MR) is 62.2 cm³/mol. The third-order valence-corrected chi connectivity index (χ3v) is 3.72. The molecule has 1 aromatic rings. The molecule has 0 bridgehead atoms. The Morgan fingerprint density at radius 1 is 1.10 bits per heavy atom. The second kappa shape index (κ2) is 5.50. The standard InChI is InChI=1S/C14H13F5O/c15-10-5-2-6-11(16)12(10)13(20)8-3-1-4-9(7-8)14(17,18)19/h2,5-6,8-9H,1,3-4,7H2. The molecule has 0 aromatic heterocycles. The third kappa shape index (κ3) is 2.99. The van der Waals surface area contributed by atoms with Crippen molar-refractivity contribution in [1.82, 2.24) is 0 Å². The third-order valence-electron chi connectivity index (χ3n) is 3.72. The largest absolute Gasteiger partial charge is 0.391 e. The van der Waals surface area contributed by atoms with E-state index < -0.39 is 47.4 Å². The Hall–Kier alpha value is -1.46. The van der Waals surface area contributed by atoms with Crippen LogP contribution in [0.5, 0.6) is 0 Å². The maximum absolute atomic E-state index is 13.5. The van der Waals surface area contributed by atoms with Crippen molar-refractivity contribution in [3.05, 3.63) is 35.4 Å². The number of carbonyl (C=O) groups is 1. The number of hydrogen-bond acceptors (Lipinski definition) is 1. The lowest BCUT2D eigenvalue weighted by Gasteiger charge is -2.29. The highest BCUT2D eigenvalue weighted by molar-refractivity contribution is 5.98. The first-order valence-corrected chi connectivity index (χ1v) is 6.35. The minimum Gasteiger partial charge on any atom is -0.294 e. The van der Waals surface area contributed by atoms with Gasteiger partial charge < -0.3 is 0 Å². The molecule has 1 aliphatic rings. The van der Waals surface area contributed by atoms with E-state index >= 15 is 0 Å². The molecular weight excluding hydrogens is 279 g/mol. The van der Waals surface area contributed by atoms with Crippen LogP contribution in [0.25, 0.3) is 0 Å². The molecule has 0 saturated heterocycles. The fourth-order valence-electron chi connectivity index (χ4n) is 2.66. The van der Waals surface area contributed by atoms with E-state index in [2.05, 4.69) is 0 Å². The zero-order chi connectivity index (χ0) is 14.9. The van der Waals surface area contributed by atoms with E-state index in [1.54, 1.807) is 0 Å². The normalized spacial score (nSPS) is 23.6. The van der Waals surface area contributed by atoms with Crippen LogP contribution in [-0.2, 0) is 0 Å². The first-order chi connectivity index (χ1) is 9.30. The number of halogens is 5. The molecule has 0 N–H and O–H groups in total. The van der Waals surface area contributed by atoms with E-state index in [1.165, 1.54) is 0 Å². The number of Topliss-reactive ketones (excluding diaryl/α,β-unsaturated/α-hetero) is 1. The van der Waals surface area contributed by atoms with Crippen molar-refractivity contribution in [1.29, 1.82) is 0 Å². The van der Waals surface area contributed by atoms with Gasteiger partial charge in [-0.1, -0.05) is 12.5 Å². The second-order valence-electron chi connectivity index (χ2n) is 5.06. The summed E-state index contributed by atoms with van der Waals surface area (Å²) in [6.45, 7) is 0. The average molecular weight is 292 g/mol. The summed E-state index contributed by atoms with van der Waals surface area (Å²) in [6.07, 6.45) is -4.33. The summed E-state index contributed by atoms with van der Waals surface area (Å²) < 4.78 is 65.0. The average Bonchev–Trinajstić information content (AvgIpc) is 2.37. The van der Waals surface area contributed by atoms with Gasteiger partial charge in [0.25, 0.3) is 0 Å². The van der Waals surface area contributed by atoms with Crippen LogP contribution in [0, 0.1) is 23.5 Å². The summed E-state index contributed by atoms with van der Waals surface area (Å²) in [5, 5.41) is 0. The van der Waals surface area contributed by atoms with E-state index in [4.69, 9.17) is 0 Å². The van der Waals surface area contributed by atoms with Crippen molar-refractivity contribution < 1.29 is 26.7 Å². The molecule has 1 nitrogen and oxygen atoms in total. The van der Waals surface area contributed by atoms with E-state index in [0.717, 1.165) is 18.2 Å². The molecule has 0 heterocycles. The zero-order valence-electron chi connectivity index (χ0n) is 10.5. The van der Waals surface area contributed by atoms with Crippen LogP contribution in [-0.4, -0.2) is 12.0 Å². The summed E-state index contributed by atoms with van der Waals surface area (Å²) in [4.78, 5) is 12.1. The zero-order valence-corrected chi connectivity index (χ0v) is 10.5. The van der Waals surface area contributed by atoms with Crippen LogP contribution in [0.1, 0.15) is 36.0 Å². The molecule has 1 aliphatic carbocycles. The topological polar surface area (TPSA) is 17.1 Å². The van der Waals surface area contributed by atoms with E-state index in [-0.39, 0.29) is 19.3 Å². The molecule has 2 atom stereocenters. The summed E-state index contributed by atoms with van der Waals surface area (Å²) in [5.74, 6) is -5.45. The molecule has 1 fully saturated rings. The molecule has 0 aliphatic heterocycles. The van der Waals surface area contributed by atoms with E-state index in [1.807, 2.05) is 0 Å². The summed E-state index contributed by atoms with van der Waals surface area (Å²) >= 11 is 0. The fraction of sp³-hybridized carbons (Fsp3) is 0.500. The van der Waals surface area contributed by atoms with Gasteiger partial charge in [0.05, 0.1) is 11.5 Å². The van der Waals surface area contributed by atoms with Gasteiger partial charge in [0.1, 0.15) is 11.6 Å². The number of ketones is 1. The highest BCUT2D eigenvalue weighted by atomic mass is 19.4. The monoisotopic (exact) mass is 292 g/mol. The highest BCUT2D eigenvalue weighted by Gasteiger charge is 2.44. The maximum Gasteiger partial charge on any atom is 0.391 e. The smallest absolute Gasteiger partial charge is 0.294 e. The number of carbonyl (C=O) groups excluding carboxylic acids is 1. The molecule has 0 radical (unpaired) electrons. The van der Waals surface area contributed by atoms with Crippen LogP contribution >= 0.6 is 0 Å². The lowest BCUT2D eigenvalue weighted by Crippen LogP contribution is -2.32. The van der Waals surface area contributed by atoms with Gasteiger partial charge in [0, 0.05) is 5.92 Å². The number of benzene rings is 1. The van der Waals surface area contributed by atoms with Gasteiger partial charge in [-0.3, -0.25) is 4.79 Å². The molecule has 6 heteroatoms. The van der Waals surface area contributed by atoms with Crippen LogP contribution in [0.3, 0.4) is 0 Å². The number of alkyl halides is 3. The minimum absolute atomic E-state index is 0.0347. The molecular formula is C14H13F5O. The second-order valence-corrected chi connectivity index (χ2v) is 5.06. The quantitative estimate of drug-likeness (QED) is 0.578.